The highest BCUT2D eigenvalue weighted by atomic mass is 16.5. The van der Waals surface area contributed by atoms with Crippen molar-refractivity contribution >= 4 is 17.6 Å². The van der Waals surface area contributed by atoms with Crippen molar-refractivity contribution in [3.05, 3.63) is 35.6 Å². The fraction of sp³-hybridized carbons (Fsp3) is 0.450. The van der Waals surface area contributed by atoms with E-state index in [0.717, 1.165) is 19.3 Å². The summed E-state index contributed by atoms with van der Waals surface area (Å²) in [7, 11) is 2.99. The van der Waals surface area contributed by atoms with E-state index >= 15 is 0 Å². The van der Waals surface area contributed by atoms with Crippen LogP contribution in [0, 0.1) is 6.92 Å². The Bertz CT molecular complexity index is 781. The highest BCUT2D eigenvalue weighted by molar-refractivity contribution is 6.02. The van der Waals surface area contributed by atoms with Crippen molar-refractivity contribution in [2.75, 3.05) is 32.6 Å². The molecule has 0 aliphatic carbocycles. The molecule has 1 heterocycles. The van der Waals surface area contributed by atoms with Crippen molar-refractivity contribution in [3.8, 4) is 11.5 Å². The van der Waals surface area contributed by atoms with Crippen LogP contribution in [0.2, 0.25) is 0 Å². The second kappa shape index (κ2) is 10.3. The monoisotopic (exact) mass is 389 g/mol. The first-order valence-corrected chi connectivity index (χ1v) is 9.23. The third-order valence-corrected chi connectivity index (χ3v) is 4.19. The van der Waals surface area contributed by atoms with E-state index in [1.54, 1.807) is 31.2 Å². The van der Waals surface area contributed by atoms with Crippen molar-refractivity contribution in [3.63, 3.8) is 0 Å². The van der Waals surface area contributed by atoms with Crippen LogP contribution in [0.1, 0.15) is 42.3 Å². The van der Waals surface area contributed by atoms with Crippen molar-refractivity contribution in [1.29, 1.82) is 0 Å². The lowest BCUT2D eigenvalue weighted by molar-refractivity contribution is -0.117. The average Bonchev–Trinajstić information content (AvgIpc) is 3.10. The van der Waals surface area contributed by atoms with Crippen LogP contribution < -0.4 is 14.8 Å². The summed E-state index contributed by atoms with van der Waals surface area (Å²) in [6, 6.07) is 6.75. The molecule has 0 bridgehead atoms. The number of carbonyl (C=O) groups excluding carboxylic acids is 2. The Balaban J connectivity index is 2.22. The predicted molar refractivity (Wildman–Crippen MR) is 105 cm³/mol. The van der Waals surface area contributed by atoms with E-state index in [2.05, 4.69) is 17.4 Å². The molecule has 0 unspecified atom stereocenters. The van der Waals surface area contributed by atoms with E-state index in [1.165, 1.54) is 19.1 Å². The van der Waals surface area contributed by atoms with Crippen molar-refractivity contribution in [1.82, 2.24) is 10.1 Å². The molecule has 0 fully saturated rings. The van der Waals surface area contributed by atoms with Crippen molar-refractivity contribution in [2.24, 2.45) is 0 Å². The minimum Gasteiger partial charge on any atom is -0.496 e. The number of amides is 2. The zero-order valence-corrected chi connectivity index (χ0v) is 16.8. The number of aryl methyl sites for hydroxylation is 1. The Hall–Kier alpha value is -3.03. The summed E-state index contributed by atoms with van der Waals surface area (Å²) < 4.78 is 15.6. The molecule has 0 spiro atoms. The fourth-order valence-corrected chi connectivity index (χ4v) is 2.81. The van der Waals surface area contributed by atoms with E-state index in [0.29, 0.717) is 35.2 Å². The number of benzene rings is 1. The Kier molecular flexibility index (Phi) is 7.86. The molecule has 0 radical (unpaired) electrons. The van der Waals surface area contributed by atoms with Gasteiger partial charge in [0.15, 0.2) is 5.82 Å². The third kappa shape index (κ3) is 5.48. The van der Waals surface area contributed by atoms with Crippen LogP contribution >= 0.6 is 0 Å². The number of nitrogens with zero attached hydrogens (tertiary/aromatic N) is 2. The van der Waals surface area contributed by atoms with Gasteiger partial charge in [0.05, 0.1) is 14.2 Å². The van der Waals surface area contributed by atoms with Gasteiger partial charge in [-0.25, -0.2) is 0 Å². The van der Waals surface area contributed by atoms with Crippen LogP contribution in [0.15, 0.2) is 28.8 Å². The first-order valence-electron chi connectivity index (χ1n) is 9.23. The first kappa shape index (κ1) is 21.3. The Morgan fingerprint density at radius 1 is 1.18 bits per heavy atom. The molecule has 28 heavy (non-hydrogen) atoms. The maximum atomic E-state index is 13.2. The van der Waals surface area contributed by atoms with E-state index in [1.807, 2.05) is 0 Å². The maximum absolute atomic E-state index is 13.2. The van der Waals surface area contributed by atoms with E-state index in [4.69, 9.17) is 14.0 Å². The normalized spacial score (nSPS) is 10.4. The topological polar surface area (TPSA) is 93.9 Å². The molecule has 0 aliphatic heterocycles. The maximum Gasteiger partial charge on any atom is 0.261 e. The zero-order valence-electron chi connectivity index (χ0n) is 16.8. The summed E-state index contributed by atoms with van der Waals surface area (Å²) in [6.45, 7) is 4.14. The number of aromatic nitrogens is 1. The molecule has 2 aromatic rings. The van der Waals surface area contributed by atoms with Crippen LogP contribution in [-0.2, 0) is 4.79 Å². The number of unbranched alkanes of at least 4 members (excludes halogenated alkanes) is 2. The van der Waals surface area contributed by atoms with E-state index < -0.39 is 0 Å². The molecule has 2 rings (SSSR count). The molecule has 0 saturated heterocycles. The van der Waals surface area contributed by atoms with Crippen molar-refractivity contribution < 1.29 is 23.6 Å². The summed E-state index contributed by atoms with van der Waals surface area (Å²) in [5, 5.41) is 6.39. The number of hydrogen-bond acceptors (Lipinski definition) is 6. The van der Waals surface area contributed by atoms with Gasteiger partial charge in [-0.15, -0.1) is 0 Å². The van der Waals surface area contributed by atoms with E-state index in [9.17, 15) is 9.59 Å². The Morgan fingerprint density at radius 2 is 1.86 bits per heavy atom. The lowest BCUT2D eigenvalue weighted by atomic mass is 10.1. The summed E-state index contributed by atoms with van der Waals surface area (Å²) in [4.78, 5) is 27.2. The van der Waals surface area contributed by atoms with Crippen molar-refractivity contribution in [2.45, 2.75) is 33.1 Å². The van der Waals surface area contributed by atoms with Crippen LogP contribution in [0.25, 0.3) is 0 Å². The van der Waals surface area contributed by atoms with Gasteiger partial charge in [-0.2, -0.15) is 0 Å². The van der Waals surface area contributed by atoms with Gasteiger partial charge in [-0.1, -0.05) is 31.0 Å². The molecule has 1 N–H and O–H groups in total. The SMILES string of the molecule is CCCCCN(CC(=O)Nc1cc(C)on1)C(=O)c1c(OC)cccc1OC. The van der Waals surface area contributed by atoms with Gasteiger partial charge < -0.3 is 24.2 Å². The number of ether oxygens (including phenoxy) is 2. The van der Waals surface area contributed by atoms with Gasteiger partial charge in [0.1, 0.15) is 29.4 Å². The predicted octanol–water partition coefficient (Wildman–Crippen LogP) is 3.27. The van der Waals surface area contributed by atoms with Gasteiger partial charge >= 0.3 is 0 Å². The Morgan fingerprint density at radius 3 is 2.39 bits per heavy atom. The molecular formula is C20H27N3O5. The largest absolute Gasteiger partial charge is 0.496 e. The number of rotatable bonds is 10. The lowest BCUT2D eigenvalue weighted by Gasteiger charge is -2.24. The van der Waals surface area contributed by atoms with Crippen LogP contribution in [0.4, 0.5) is 5.82 Å². The van der Waals surface area contributed by atoms with Crippen LogP contribution in [0.5, 0.6) is 11.5 Å². The highest BCUT2D eigenvalue weighted by Crippen LogP contribution is 2.29. The highest BCUT2D eigenvalue weighted by Gasteiger charge is 2.25. The smallest absolute Gasteiger partial charge is 0.261 e. The molecule has 8 heteroatoms. The van der Waals surface area contributed by atoms with Gasteiger partial charge in [-0.3, -0.25) is 9.59 Å². The zero-order chi connectivity index (χ0) is 20.5. The quantitative estimate of drug-likeness (QED) is 0.627. The third-order valence-electron chi connectivity index (χ3n) is 4.19. The second-order valence-electron chi connectivity index (χ2n) is 6.34. The van der Waals surface area contributed by atoms with E-state index in [-0.39, 0.29) is 18.4 Å². The molecule has 1 aromatic carbocycles. The standard InChI is InChI=1S/C20H27N3O5/c1-5-6-7-11-23(13-18(24)21-17-12-14(2)28-22-17)20(25)19-15(26-3)9-8-10-16(19)27-4/h8-10,12H,5-7,11,13H2,1-4H3,(H,21,22,24). The molecular weight excluding hydrogens is 362 g/mol. The molecule has 152 valence electrons. The van der Waals surface area contributed by atoms with Crippen LogP contribution in [-0.4, -0.2) is 49.2 Å². The fourth-order valence-electron chi connectivity index (χ4n) is 2.81. The summed E-state index contributed by atoms with van der Waals surface area (Å²) in [5.41, 5.74) is 0.300. The van der Waals surface area contributed by atoms with Gasteiger partial charge in [0.25, 0.3) is 5.91 Å². The summed E-state index contributed by atoms with van der Waals surface area (Å²) >= 11 is 0. The summed E-state index contributed by atoms with van der Waals surface area (Å²) in [6.07, 6.45) is 2.75. The molecule has 8 nitrogen and oxygen atoms in total. The Labute approximate surface area is 164 Å². The number of hydrogen-bond donors (Lipinski definition) is 1. The first-order chi connectivity index (χ1) is 13.5. The number of methoxy groups -OCH3 is 2. The molecule has 1 aromatic heterocycles. The minimum absolute atomic E-state index is 0.115. The van der Waals surface area contributed by atoms with Crippen LogP contribution in [0.3, 0.4) is 0 Å². The second-order valence-corrected chi connectivity index (χ2v) is 6.34. The number of carbonyl (C=O) groups is 2. The molecule has 0 aliphatic rings. The molecule has 0 atom stereocenters. The van der Waals surface area contributed by atoms with Gasteiger partial charge in [0, 0.05) is 12.6 Å². The average molecular weight is 389 g/mol. The molecule has 2 amide bonds. The summed E-state index contributed by atoms with van der Waals surface area (Å²) in [5.74, 6) is 1.03. The molecule has 0 saturated carbocycles. The lowest BCUT2D eigenvalue weighted by Crippen LogP contribution is -2.39. The minimum atomic E-state index is -0.355. The van der Waals surface area contributed by atoms with Gasteiger partial charge in [0.2, 0.25) is 5.91 Å². The number of nitrogens with one attached hydrogen (secondary N) is 1. The number of anilines is 1. The van der Waals surface area contributed by atoms with Gasteiger partial charge in [-0.05, 0) is 25.5 Å².